The van der Waals surface area contributed by atoms with E-state index in [1.165, 1.54) is 0 Å². The van der Waals surface area contributed by atoms with Crippen molar-refractivity contribution in [3.05, 3.63) is 71.9 Å². The molecular formula is C22H25N3O3. The minimum atomic E-state index is -0.732. The molecule has 0 spiro atoms. The maximum absolute atomic E-state index is 12.6. The standard InChI is InChI=1S/C22H25N3O3/c1-15(2)24-21(26)20(12-17-13-23-19-11-7-6-10-18(17)19)25-22(27)28-14-16-8-4-3-5-9-16/h3-11,13,15,20,23H,12,14H2,1-2H3,(H,24,26)(H,25,27). The second kappa shape index (κ2) is 9.08. The second-order valence-corrected chi connectivity index (χ2v) is 6.99. The van der Waals surface area contributed by atoms with Crippen LogP contribution < -0.4 is 10.6 Å². The Morgan fingerprint density at radius 3 is 2.46 bits per heavy atom. The lowest BCUT2D eigenvalue weighted by Gasteiger charge is -2.19. The molecule has 0 saturated carbocycles. The summed E-state index contributed by atoms with van der Waals surface area (Å²) in [6.07, 6.45) is 1.62. The monoisotopic (exact) mass is 379 g/mol. The lowest BCUT2D eigenvalue weighted by Crippen LogP contribution is -2.49. The number of aromatic amines is 1. The van der Waals surface area contributed by atoms with Gasteiger partial charge in [0.25, 0.3) is 0 Å². The summed E-state index contributed by atoms with van der Waals surface area (Å²) in [5.74, 6) is -0.239. The van der Waals surface area contributed by atoms with E-state index in [0.717, 1.165) is 22.0 Å². The quantitative estimate of drug-likeness (QED) is 0.587. The summed E-state index contributed by atoms with van der Waals surface area (Å²) in [5, 5.41) is 6.60. The van der Waals surface area contributed by atoms with Gasteiger partial charge in [-0.1, -0.05) is 48.5 Å². The molecule has 6 nitrogen and oxygen atoms in total. The van der Waals surface area contributed by atoms with E-state index in [0.29, 0.717) is 6.42 Å². The van der Waals surface area contributed by atoms with Crippen molar-refractivity contribution in [2.45, 2.75) is 39.0 Å². The molecule has 2 amide bonds. The van der Waals surface area contributed by atoms with Crippen molar-refractivity contribution in [2.75, 3.05) is 0 Å². The van der Waals surface area contributed by atoms with E-state index in [2.05, 4.69) is 15.6 Å². The summed E-state index contributed by atoms with van der Waals surface area (Å²) < 4.78 is 5.28. The molecule has 3 aromatic rings. The fraction of sp³-hybridized carbons (Fsp3) is 0.273. The zero-order chi connectivity index (χ0) is 19.9. The van der Waals surface area contributed by atoms with E-state index in [9.17, 15) is 9.59 Å². The molecule has 1 atom stereocenters. The molecule has 1 heterocycles. The smallest absolute Gasteiger partial charge is 0.408 e. The second-order valence-electron chi connectivity index (χ2n) is 6.99. The summed E-state index contributed by atoms with van der Waals surface area (Å²) >= 11 is 0. The van der Waals surface area contributed by atoms with E-state index in [1.807, 2.05) is 74.6 Å². The molecule has 0 aliphatic heterocycles. The Kier molecular flexibility index (Phi) is 6.32. The Morgan fingerprint density at radius 2 is 1.71 bits per heavy atom. The first-order valence-corrected chi connectivity index (χ1v) is 9.35. The molecule has 1 unspecified atom stereocenters. The molecule has 28 heavy (non-hydrogen) atoms. The average Bonchev–Trinajstić information content (AvgIpc) is 3.09. The third kappa shape index (κ3) is 5.13. The number of carbonyl (C=O) groups is 2. The number of fused-ring (bicyclic) bond motifs is 1. The Bertz CT molecular complexity index is 934. The van der Waals surface area contributed by atoms with Crippen LogP contribution in [0.4, 0.5) is 4.79 Å². The number of rotatable bonds is 7. The van der Waals surface area contributed by atoms with E-state index in [-0.39, 0.29) is 18.6 Å². The van der Waals surface area contributed by atoms with E-state index >= 15 is 0 Å². The first kappa shape index (κ1) is 19.5. The van der Waals surface area contributed by atoms with Crippen molar-refractivity contribution in [1.82, 2.24) is 15.6 Å². The molecule has 1 aromatic heterocycles. The normalized spacial score (nSPS) is 12.0. The molecule has 6 heteroatoms. The number of hydrogen-bond donors (Lipinski definition) is 3. The Balaban J connectivity index is 1.69. The minimum Gasteiger partial charge on any atom is -0.445 e. The number of hydrogen-bond acceptors (Lipinski definition) is 3. The zero-order valence-electron chi connectivity index (χ0n) is 16.1. The molecule has 146 valence electrons. The van der Waals surface area contributed by atoms with Crippen LogP contribution >= 0.6 is 0 Å². The number of H-pyrrole nitrogens is 1. The molecule has 3 N–H and O–H groups in total. The maximum atomic E-state index is 12.6. The number of nitrogens with one attached hydrogen (secondary N) is 3. The maximum Gasteiger partial charge on any atom is 0.408 e. The van der Waals surface area contributed by atoms with Gasteiger partial charge >= 0.3 is 6.09 Å². The number of aromatic nitrogens is 1. The molecule has 3 rings (SSSR count). The molecule has 0 aliphatic carbocycles. The Morgan fingerprint density at radius 1 is 1.00 bits per heavy atom. The highest BCUT2D eigenvalue weighted by Gasteiger charge is 2.23. The summed E-state index contributed by atoms with van der Waals surface area (Å²) in [5.41, 5.74) is 2.84. The van der Waals surface area contributed by atoms with Gasteiger partial charge in [0.1, 0.15) is 12.6 Å². The van der Waals surface area contributed by atoms with Crippen LogP contribution in [0.1, 0.15) is 25.0 Å². The first-order valence-electron chi connectivity index (χ1n) is 9.35. The van der Waals surface area contributed by atoms with Crippen LogP contribution in [0.5, 0.6) is 0 Å². The molecule has 0 fully saturated rings. The van der Waals surface area contributed by atoms with Crippen LogP contribution in [-0.2, 0) is 22.6 Å². The lowest BCUT2D eigenvalue weighted by atomic mass is 10.0. The van der Waals surface area contributed by atoms with Gasteiger partial charge in [-0.15, -0.1) is 0 Å². The van der Waals surface area contributed by atoms with Gasteiger partial charge in [-0.05, 0) is 31.0 Å². The molecule has 2 aromatic carbocycles. The number of para-hydroxylation sites is 1. The predicted octanol–water partition coefficient (Wildman–Crippen LogP) is 3.53. The van der Waals surface area contributed by atoms with E-state index in [1.54, 1.807) is 0 Å². The van der Waals surface area contributed by atoms with Gasteiger partial charge in [0.15, 0.2) is 0 Å². The zero-order valence-corrected chi connectivity index (χ0v) is 16.1. The van der Waals surface area contributed by atoms with Gasteiger partial charge in [-0.2, -0.15) is 0 Å². The highest BCUT2D eigenvalue weighted by Crippen LogP contribution is 2.19. The predicted molar refractivity (Wildman–Crippen MR) is 109 cm³/mol. The Hall–Kier alpha value is -3.28. The van der Waals surface area contributed by atoms with Gasteiger partial charge in [0.05, 0.1) is 0 Å². The first-order chi connectivity index (χ1) is 13.5. The van der Waals surface area contributed by atoms with Crippen molar-refractivity contribution >= 4 is 22.9 Å². The number of amides is 2. The van der Waals surface area contributed by atoms with Crippen molar-refractivity contribution < 1.29 is 14.3 Å². The van der Waals surface area contributed by atoms with Gasteiger partial charge in [-0.25, -0.2) is 4.79 Å². The number of alkyl carbamates (subject to hydrolysis) is 1. The highest BCUT2D eigenvalue weighted by atomic mass is 16.5. The Labute approximate surface area is 164 Å². The fourth-order valence-corrected chi connectivity index (χ4v) is 3.02. The van der Waals surface area contributed by atoms with Gasteiger partial charge in [0, 0.05) is 29.6 Å². The fourth-order valence-electron chi connectivity index (χ4n) is 3.02. The lowest BCUT2D eigenvalue weighted by molar-refractivity contribution is -0.123. The van der Waals surface area contributed by atoms with Crippen molar-refractivity contribution in [3.8, 4) is 0 Å². The summed E-state index contributed by atoms with van der Waals surface area (Å²) in [7, 11) is 0. The molecule has 0 radical (unpaired) electrons. The van der Waals surface area contributed by atoms with Crippen molar-refractivity contribution in [1.29, 1.82) is 0 Å². The molecule has 0 saturated heterocycles. The third-order valence-corrected chi connectivity index (χ3v) is 4.35. The van der Waals surface area contributed by atoms with Gasteiger partial charge < -0.3 is 20.4 Å². The average molecular weight is 379 g/mol. The number of ether oxygens (including phenoxy) is 1. The van der Waals surface area contributed by atoms with E-state index in [4.69, 9.17) is 4.74 Å². The van der Waals surface area contributed by atoms with Crippen LogP contribution in [-0.4, -0.2) is 29.1 Å². The highest BCUT2D eigenvalue weighted by molar-refractivity contribution is 5.88. The molecule has 0 aliphatic rings. The molecular weight excluding hydrogens is 354 g/mol. The van der Waals surface area contributed by atoms with Crippen LogP contribution in [0.25, 0.3) is 10.9 Å². The number of carbonyl (C=O) groups excluding carboxylic acids is 2. The van der Waals surface area contributed by atoms with Gasteiger partial charge in [-0.3, -0.25) is 4.79 Å². The SMILES string of the molecule is CC(C)NC(=O)C(Cc1c[nH]c2ccccc12)NC(=O)OCc1ccccc1. The van der Waals surface area contributed by atoms with Crippen molar-refractivity contribution in [2.24, 2.45) is 0 Å². The largest absolute Gasteiger partial charge is 0.445 e. The van der Waals surface area contributed by atoms with Crippen LogP contribution in [0.15, 0.2) is 60.8 Å². The summed E-state index contributed by atoms with van der Waals surface area (Å²) in [6.45, 7) is 3.92. The van der Waals surface area contributed by atoms with Crippen molar-refractivity contribution in [3.63, 3.8) is 0 Å². The van der Waals surface area contributed by atoms with E-state index < -0.39 is 12.1 Å². The molecule has 0 bridgehead atoms. The minimum absolute atomic E-state index is 0.0277. The summed E-state index contributed by atoms with van der Waals surface area (Å²) in [4.78, 5) is 28.1. The summed E-state index contributed by atoms with van der Waals surface area (Å²) in [6, 6.07) is 16.5. The topological polar surface area (TPSA) is 83.2 Å². The van der Waals surface area contributed by atoms with Crippen LogP contribution in [0.3, 0.4) is 0 Å². The number of benzene rings is 2. The van der Waals surface area contributed by atoms with Crippen LogP contribution in [0, 0.1) is 0 Å². The van der Waals surface area contributed by atoms with Crippen LogP contribution in [0.2, 0.25) is 0 Å². The third-order valence-electron chi connectivity index (χ3n) is 4.35. The van der Waals surface area contributed by atoms with Gasteiger partial charge in [0.2, 0.25) is 5.91 Å².